The molecule has 1 unspecified atom stereocenters. The number of pyridine rings is 1. The van der Waals surface area contributed by atoms with Gasteiger partial charge in [-0.05, 0) is 25.5 Å². The minimum atomic E-state index is -0.201. The summed E-state index contributed by atoms with van der Waals surface area (Å²) in [6.45, 7) is 2.75. The summed E-state index contributed by atoms with van der Waals surface area (Å²) in [4.78, 5) is 17.9. The molecule has 3 rings (SSSR count). The lowest BCUT2D eigenvalue weighted by Gasteiger charge is -2.10. The van der Waals surface area contributed by atoms with Crippen LogP contribution >= 0.6 is 0 Å². The van der Waals surface area contributed by atoms with Crippen molar-refractivity contribution in [2.24, 2.45) is 0 Å². The number of nitrogens with zero attached hydrogens (tertiary/aromatic N) is 4. The summed E-state index contributed by atoms with van der Waals surface area (Å²) in [5, 5.41) is 7.46. The van der Waals surface area contributed by atoms with Gasteiger partial charge < -0.3 is 10.2 Å². The van der Waals surface area contributed by atoms with Crippen LogP contribution in [-0.2, 0) is 4.79 Å². The summed E-state index contributed by atoms with van der Waals surface area (Å²) < 4.78 is 1.77. The van der Waals surface area contributed by atoms with Gasteiger partial charge in [0.25, 0.3) is 0 Å². The molecule has 0 bridgehead atoms. The number of aryl methyl sites for hydroxylation is 1. The summed E-state index contributed by atoms with van der Waals surface area (Å²) in [5.74, 6) is 0.614. The van der Waals surface area contributed by atoms with Crippen LogP contribution in [0.3, 0.4) is 0 Å². The summed E-state index contributed by atoms with van der Waals surface area (Å²) in [7, 11) is 1.81. The van der Waals surface area contributed by atoms with E-state index in [2.05, 4.69) is 15.4 Å². The average Bonchev–Trinajstić information content (AvgIpc) is 2.89. The van der Waals surface area contributed by atoms with E-state index in [1.54, 1.807) is 9.42 Å². The van der Waals surface area contributed by atoms with Crippen LogP contribution in [0, 0.1) is 6.92 Å². The topological polar surface area (TPSA) is 62.5 Å². The second kappa shape index (κ2) is 3.97. The summed E-state index contributed by atoms with van der Waals surface area (Å²) in [6.07, 6.45) is 0.796. The van der Waals surface area contributed by atoms with Gasteiger partial charge in [0.1, 0.15) is 6.04 Å². The zero-order valence-corrected chi connectivity index (χ0v) is 10.4. The maximum absolute atomic E-state index is 11.8. The first-order chi connectivity index (χ1) is 8.65. The number of hydrogen-bond donors (Lipinski definition) is 1. The van der Waals surface area contributed by atoms with Crippen LogP contribution in [0.5, 0.6) is 0 Å². The van der Waals surface area contributed by atoms with E-state index in [0.29, 0.717) is 5.95 Å². The second-order valence-electron chi connectivity index (χ2n) is 4.62. The van der Waals surface area contributed by atoms with Gasteiger partial charge in [0.2, 0.25) is 11.9 Å². The van der Waals surface area contributed by atoms with Crippen molar-refractivity contribution in [1.82, 2.24) is 19.5 Å². The van der Waals surface area contributed by atoms with Crippen LogP contribution in [0.4, 0.5) is 5.95 Å². The number of likely N-dealkylation sites (N-methyl/N-ethyl adjacent to an activating group) is 1. The number of amides is 1. The Balaban J connectivity index is 1.87. The first kappa shape index (κ1) is 11.0. The van der Waals surface area contributed by atoms with Crippen molar-refractivity contribution < 1.29 is 4.79 Å². The van der Waals surface area contributed by atoms with Crippen molar-refractivity contribution in [3.05, 3.63) is 23.9 Å². The predicted octanol–water partition coefficient (Wildman–Crippen LogP) is 0.680. The molecule has 1 N–H and O–H groups in total. The average molecular weight is 245 g/mol. The molecule has 2 aromatic rings. The van der Waals surface area contributed by atoms with E-state index in [-0.39, 0.29) is 11.9 Å². The highest BCUT2D eigenvalue weighted by molar-refractivity contribution is 5.86. The Bertz CT molecular complexity index is 606. The number of anilines is 1. The van der Waals surface area contributed by atoms with Crippen LogP contribution in [0.2, 0.25) is 0 Å². The molecule has 0 aliphatic carbocycles. The minimum absolute atomic E-state index is 0.102. The monoisotopic (exact) mass is 245 g/mol. The van der Waals surface area contributed by atoms with Crippen LogP contribution in [0.15, 0.2) is 18.2 Å². The molecule has 2 aromatic heterocycles. The summed E-state index contributed by atoms with van der Waals surface area (Å²) >= 11 is 0. The standard InChI is InChI=1S/C12H15N5O/c1-8-4-3-5-10-14-12(15-17(8)10)13-9-6-7-16(2)11(9)18/h3-5,9H,6-7H2,1-2H3,(H,13,15). The van der Waals surface area contributed by atoms with E-state index in [4.69, 9.17) is 0 Å². The van der Waals surface area contributed by atoms with E-state index in [0.717, 1.165) is 24.3 Å². The largest absolute Gasteiger partial charge is 0.344 e. The number of carbonyl (C=O) groups is 1. The maximum atomic E-state index is 11.8. The molecule has 0 aromatic carbocycles. The lowest BCUT2D eigenvalue weighted by molar-refractivity contribution is -0.127. The molecular weight excluding hydrogens is 230 g/mol. The predicted molar refractivity (Wildman–Crippen MR) is 67.4 cm³/mol. The molecule has 0 saturated carbocycles. The van der Waals surface area contributed by atoms with Crippen LogP contribution in [-0.4, -0.2) is 45.0 Å². The minimum Gasteiger partial charge on any atom is -0.344 e. The van der Waals surface area contributed by atoms with Gasteiger partial charge in [0.15, 0.2) is 5.65 Å². The Kier molecular flexibility index (Phi) is 2.43. The Labute approximate surface area is 105 Å². The zero-order valence-electron chi connectivity index (χ0n) is 10.4. The van der Waals surface area contributed by atoms with Gasteiger partial charge in [-0.1, -0.05) is 6.07 Å². The molecule has 3 heterocycles. The van der Waals surface area contributed by atoms with Crippen molar-refractivity contribution in [1.29, 1.82) is 0 Å². The van der Waals surface area contributed by atoms with Gasteiger partial charge in [0, 0.05) is 19.3 Å². The third-order valence-corrected chi connectivity index (χ3v) is 3.28. The molecule has 6 heteroatoms. The fourth-order valence-corrected chi connectivity index (χ4v) is 2.21. The first-order valence-corrected chi connectivity index (χ1v) is 5.99. The summed E-state index contributed by atoms with van der Waals surface area (Å²) in [5.41, 5.74) is 1.80. The molecule has 1 saturated heterocycles. The van der Waals surface area contributed by atoms with Crippen molar-refractivity contribution in [3.8, 4) is 0 Å². The molecule has 1 fully saturated rings. The van der Waals surface area contributed by atoms with E-state index in [1.807, 2.05) is 32.2 Å². The molecule has 94 valence electrons. The van der Waals surface area contributed by atoms with Gasteiger partial charge in [-0.3, -0.25) is 4.79 Å². The highest BCUT2D eigenvalue weighted by Gasteiger charge is 2.29. The number of aromatic nitrogens is 3. The molecule has 18 heavy (non-hydrogen) atoms. The van der Waals surface area contributed by atoms with E-state index >= 15 is 0 Å². The van der Waals surface area contributed by atoms with Gasteiger partial charge in [-0.25, -0.2) is 4.52 Å². The molecule has 6 nitrogen and oxygen atoms in total. The van der Waals surface area contributed by atoms with Gasteiger partial charge in [-0.15, -0.1) is 5.10 Å². The fourth-order valence-electron chi connectivity index (χ4n) is 2.21. The Hall–Kier alpha value is -2.11. The van der Waals surface area contributed by atoms with Crippen LogP contribution in [0.1, 0.15) is 12.1 Å². The van der Waals surface area contributed by atoms with Crippen LogP contribution < -0.4 is 5.32 Å². The highest BCUT2D eigenvalue weighted by atomic mass is 16.2. The smallest absolute Gasteiger partial charge is 0.244 e. The molecule has 1 aliphatic heterocycles. The second-order valence-corrected chi connectivity index (χ2v) is 4.62. The third-order valence-electron chi connectivity index (χ3n) is 3.28. The van der Waals surface area contributed by atoms with Crippen molar-refractivity contribution >= 4 is 17.5 Å². The van der Waals surface area contributed by atoms with Crippen molar-refractivity contribution in [2.75, 3.05) is 18.9 Å². The molecule has 1 amide bonds. The summed E-state index contributed by atoms with van der Waals surface area (Å²) in [6, 6.07) is 5.61. The maximum Gasteiger partial charge on any atom is 0.244 e. The first-order valence-electron chi connectivity index (χ1n) is 5.99. The molecular formula is C12H15N5O. The molecule has 1 atom stereocenters. The number of rotatable bonds is 2. The number of nitrogens with one attached hydrogen (secondary N) is 1. The Morgan fingerprint density at radius 3 is 2.94 bits per heavy atom. The number of carbonyl (C=O) groups excluding carboxylic acids is 1. The van der Waals surface area contributed by atoms with Gasteiger partial charge in [0.05, 0.1) is 0 Å². The van der Waals surface area contributed by atoms with Crippen LogP contribution in [0.25, 0.3) is 5.65 Å². The van der Waals surface area contributed by atoms with Crippen molar-refractivity contribution in [2.45, 2.75) is 19.4 Å². The number of fused-ring (bicyclic) bond motifs is 1. The van der Waals surface area contributed by atoms with Gasteiger partial charge >= 0.3 is 0 Å². The Morgan fingerprint density at radius 2 is 2.28 bits per heavy atom. The van der Waals surface area contributed by atoms with Crippen molar-refractivity contribution in [3.63, 3.8) is 0 Å². The lowest BCUT2D eigenvalue weighted by Crippen LogP contribution is -2.31. The SMILES string of the molecule is Cc1cccc2nc(NC3CCN(C)C3=O)nn12. The Morgan fingerprint density at radius 1 is 1.44 bits per heavy atom. The highest BCUT2D eigenvalue weighted by Crippen LogP contribution is 2.14. The molecule has 1 aliphatic rings. The molecule has 0 spiro atoms. The normalized spacial score (nSPS) is 19.8. The van der Waals surface area contributed by atoms with Gasteiger partial charge in [-0.2, -0.15) is 4.98 Å². The van der Waals surface area contributed by atoms with E-state index in [9.17, 15) is 4.79 Å². The lowest BCUT2D eigenvalue weighted by atomic mass is 10.2. The molecule has 0 radical (unpaired) electrons. The zero-order chi connectivity index (χ0) is 12.7. The number of likely N-dealkylation sites (tertiary alicyclic amines) is 1. The fraction of sp³-hybridized carbons (Fsp3) is 0.417. The van der Waals surface area contributed by atoms with E-state index in [1.165, 1.54) is 0 Å². The quantitative estimate of drug-likeness (QED) is 0.845. The number of hydrogen-bond acceptors (Lipinski definition) is 4. The third kappa shape index (κ3) is 1.70. The van der Waals surface area contributed by atoms with E-state index < -0.39 is 0 Å².